The van der Waals surface area contributed by atoms with E-state index in [9.17, 15) is 4.79 Å². The normalized spacial score (nSPS) is 16.2. The van der Waals surface area contributed by atoms with Crippen LogP contribution in [-0.4, -0.2) is 21.9 Å². The van der Waals surface area contributed by atoms with Gasteiger partial charge in [0.2, 0.25) is 11.0 Å². The van der Waals surface area contributed by atoms with Gasteiger partial charge in [-0.1, -0.05) is 72.3 Å². The Morgan fingerprint density at radius 3 is 2.74 bits per heavy atom. The fourth-order valence-corrected chi connectivity index (χ4v) is 4.56. The Morgan fingerprint density at radius 1 is 1.30 bits per heavy atom. The summed E-state index contributed by atoms with van der Waals surface area (Å²) < 4.78 is 0.848. The minimum Gasteiger partial charge on any atom is -0.300 e. The van der Waals surface area contributed by atoms with E-state index in [1.165, 1.54) is 11.3 Å². The molecule has 1 N–H and O–H groups in total. The molecule has 0 unspecified atom stereocenters. The number of nitrogens with zero attached hydrogens (tertiary/aromatic N) is 2. The monoisotopic (exact) mass is 345 g/mol. The molecular formula is C17H19N3OS2. The average molecular weight is 345 g/mol. The summed E-state index contributed by atoms with van der Waals surface area (Å²) in [6.07, 6.45) is 5.77. The van der Waals surface area contributed by atoms with Crippen LogP contribution in [0.25, 0.3) is 0 Å². The van der Waals surface area contributed by atoms with Gasteiger partial charge in [-0.15, -0.1) is 16.8 Å². The Morgan fingerprint density at radius 2 is 2.04 bits per heavy atom. The summed E-state index contributed by atoms with van der Waals surface area (Å²) in [4.78, 5) is 13.0. The lowest BCUT2D eigenvalue weighted by Crippen LogP contribution is -2.37. The van der Waals surface area contributed by atoms with Gasteiger partial charge >= 0.3 is 0 Å². The topological polar surface area (TPSA) is 54.9 Å². The Labute approximate surface area is 144 Å². The van der Waals surface area contributed by atoms with E-state index in [4.69, 9.17) is 0 Å². The minimum absolute atomic E-state index is 0.0395. The number of hydrogen-bond acceptors (Lipinski definition) is 5. The molecule has 0 saturated heterocycles. The molecule has 0 aliphatic heterocycles. The molecule has 1 aromatic heterocycles. The van der Waals surface area contributed by atoms with Crippen LogP contribution in [0, 0.1) is 0 Å². The minimum atomic E-state index is -0.429. The Kier molecular flexibility index (Phi) is 5.13. The van der Waals surface area contributed by atoms with Gasteiger partial charge in [0, 0.05) is 5.75 Å². The van der Waals surface area contributed by atoms with Crippen molar-refractivity contribution >= 4 is 34.1 Å². The third-order valence-electron chi connectivity index (χ3n) is 4.17. The first-order chi connectivity index (χ1) is 11.2. The van der Waals surface area contributed by atoms with Crippen molar-refractivity contribution in [2.45, 2.75) is 35.4 Å². The number of anilines is 1. The lowest BCUT2D eigenvalue weighted by atomic mass is 9.78. The van der Waals surface area contributed by atoms with Gasteiger partial charge in [-0.25, -0.2) is 0 Å². The van der Waals surface area contributed by atoms with Crippen molar-refractivity contribution in [1.82, 2.24) is 10.2 Å². The fraction of sp³-hybridized carbons (Fsp3) is 0.353. The van der Waals surface area contributed by atoms with E-state index in [0.717, 1.165) is 41.3 Å². The van der Waals surface area contributed by atoms with Crippen LogP contribution in [0.5, 0.6) is 0 Å². The maximum Gasteiger partial charge on any atom is 0.236 e. The van der Waals surface area contributed by atoms with E-state index in [2.05, 4.69) is 34.2 Å². The number of thioether (sulfide) groups is 1. The van der Waals surface area contributed by atoms with Crippen molar-refractivity contribution in [3.63, 3.8) is 0 Å². The molecule has 23 heavy (non-hydrogen) atoms. The summed E-state index contributed by atoms with van der Waals surface area (Å²) in [7, 11) is 0. The predicted molar refractivity (Wildman–Crippen MR) is 96.0 cm³/mol. The number of carbonyl (C=O) groups is 1. The number of aromatic nitrogens is 2. The molecule has 0 bridgehead atoms. The van der Waals surface area contributed by atoms with E-state index in [0.29, 0.717) is 5.13 Å². The third-order valence-corrected chi connectivity index (χ3v) is 6.14. The van der Waals surface area contributed by atoms with Crippen LogP contribution in [0.15, 0.2) is 47.3 Å². The van der Waals surface area contributed by atoms with Crippen LogP contribution >= 0.6 is 23.1 Å². The lowest BCUT2D eigenvalue weighted by Gasteiger charge is -2.27. The van der Waals surface area contributed by atoms with Gasteiger partial charge in [0.1, 0.15) is 0 Å². The lowest BCUT2D eigenvalue weighted by molar-refractivity contribution is -0.121. The summed E-state index contributed by atoms with van der Waals surface area (Å²) in [5.41, 5.74) is 0.669. The highest BCUT2D eigenvalue weighted by Gasteiger charge is 2.42. The highest BCUT2D eigenvalue weighted by atomic mass is 32.2. The number of hydrogen-bond donors (Lipinski definition) is 1. The molecule has 1 amide bonds. The second-order valence-electron chi connectivity index (χ2n) is 5.58. The van der Waals surface area contributed by atoms with Gasteiger partial charge < -0.3 is 0 Å². The van der Waals surface area contributed by atoms with E-state index < -0.39 is 5.41 Å². The Balaban J connectivity index is 1.77. The first-order valence-corrected chi connectivity index (χ1v) is 9.49. The number of carbonyl (C=O) groups excluding carboxylic acids is 1. The molecule has 0 radical (unpaired) electrons. The average Bonchev–Trinajstić information content (AvgIpc) is 3.24. The van der Waals surface area contributed by atoms with Crippen LogP contribution in [0.4, 0.5) is 5.13 Å². The Hall–Kier alpha value is -1.66. The quantitative estimate of drug-likeness (QED) is 0.483. The van der Waals surface area contributed by atoms with Crippen LogP contribution < -0.4 is 5.32 Å². The van der Waals surface area contributed by atoms with Gasteiger partial charge in [0.15, 0.2) is 4.34 Å². The van der Waals surface area contributed by atoms with Gasteiger partial charge in [0.25, 0.3) is 0 Å². The SMILES string of the molecule is C=CCSc1nnc(NC(=O)C2(c3ccccc3)CCCC2)s1. The van der Waals surface area contributed by atoms with Crippen molar-refractivity contribution in [2.24, 2.45) is 0 Å². The maximum atomic E-state index is 13.0. The molecule has 0 atom stereocenters. The molecule has 6 heteroatoms. The molecule has 1 saturated carbocycles. The summed E-state index contributed by atoms with van der Waals surface area (Å²) in [6, 6.07) is 10.1. The standard InChI is InChI=1S/C17H19N3OS2/c1-2-12-22-16-20-19-15(23-16)18-14(21)17(10-6-7-11-17)13-8-4-3-5-9-13/h2-5,8-9H,1,6-7,10-12H2,(H,18,19,21). The molecule has 0 spiro atoms. The van der Waals surface area contributed by atoms with Crippen LogP contribution in [-0.2, 0) is 10.2 Å². The van der Waals surface area contributed by atoms with Crippen molar-refractivity contribution in [3.8, 4) is 0 Å². The molecule has 4 nitrogen and oxygen atoms in total. The molecule has 1 heterocycles. The Bertz CT molecular complexity index is 678. The first kappa shape index (κ1) is 16.2. The zero-order valence-electron chi connectivity index (χ0n) is 12.8. The van der Waals surface area contributed by atoms with Crippen molar-refractivity contribution < 1.29 is 4.79 Å². The second kappa shape index (κ2) is 7.27. The van der Waals surface area contributed by atoms with E-state index >= 15 is 0 Å². The summed E-state index contributed by atoms with van der Waals surface area (Å²) in [6.45, 7) is 3.69. The summed E-state index contributed by atoms with van der Waals surface area (Å²) >= 11 is 2.99. The molecule has 2 aromatic rings. The smallest absolute Gasteiger partial charge is 0.236 e. The van der Waals surface area contributed by atoms with Gasteiger partial charge in [-0.05, 0) is 18.4 Å². The number of nitrogens with one attached hydrogen (secondary N) is 1. The zero-order chi connectivity index (χ0) is 16.1. The van der Waals surface area contributed by atoms with Crippen LogP contribution in [0.1, 0.15) is 31.2 Å². The fourth-order valence-electron chi connectivity index (χ4n) is 3.05. The van der Waals surface area contributed by atoms with Crippen LogP contribution in [0.3, 0.4) is 0 Å². The molecule has 1 aliphatic carbocycles. The van der Waals surface area contributed by atoms with Gasteiger partial charge in [-0.3, -0.25) is 10.1 Å². The summed E-state index contributed by atoms with van der Waals surface area (Å²) in [5.74, 6) is 0.828. The third kappa shape index (κ3) is 3.48. The second-order valence-corrected chi connectivity index (χ2v) is 7.83. The molecule has 120 valence electrons. The molecular weight excluding hydrogens is 326 g/mol. The zero-order valence-corrected chi connectivity index (χ0v) is 14.5. The van der Waals surface area contributed by atoms with Crippen molar-refractivity contribution in [2.75, 3.05) is 11.1 Å². The predicted octanol–water partition coefficient (Wildman–Crippen LogP) is 4.27. The van der Waals surface area contributed by atoms with E-state index in [-0.39, 0.29) is 5.91 Å². The number of amides is 1. The van der Waals surface area contributed by atoms with Crippen molar-refractivity contribution in [3.05, 3.63) is 48.6 Å². The summed E-state index contributed by atoms with van der Waals surface area (Å²) in [5, 5.41) is 11.7. The van der Waals surface area contributed by atoms with E-state index in [1.54, 1.807) is 11.8 Å². The number of benzene rings is 1. The highest BCUT2D eigenvalue weighted by Crippen LogP contribution is 2.42. The molecule has 1 aromatic carbocycles. The molecule has 3 rings (SSSR count). The van der Waals surface area contributed by atoms with Gasteiger partial charge in [-0.2, -0.15) is 0 Å². The van der Waals surface area contributed by atoms with Gasteiger partial charge in [0.05, 0.1) is 5.41 Å². The van der Waals surface area contributed by atoms with E-state index in [1.807, 2.05) is 24.3 Å². The molecule has 1 fully saturated rings. The van der Waals surface area contributed by atoms with Crippen LogP contribution in [0.2, 0.25) is 0 Å². The van der Waals surface area contributed by atoms with Crippen molar-refractivity contribution in [1.29, 1.82) is 0 Å². The maximum absolute atomic E-state index is 13.0. The first-order valence-electron chi connectivity index (χ1n) is 7.69. The molecule has 1 aliphatic rings. The highest BCUT2D eigenvalue weighted by molar-refractivity contribution is 8.01. The number of rotatable bonds is 6. The largest absolute Gasteiger partial charge is 0.300 e.